The number of carbonyl (C=O) groups is 1. The maximum Gasteiger partial charge on any atom is 0.252 e. The maximum absolute atomic E-state index is 13.2. The molecule has 0 spiro atoms. The second kappa shape index (κ2) is 9.07. The van der Waals surface area contributed by atoms with Crippen LogP contribution in [0, 0.1) is 5.92 Å². The molecule has 0 aliphatic carbocycles. The van der Waals surface area contributed by atoms with Crippen molar-refractivity contribution in [3.8, 4) is 11.4 Å². The van der Waals surface area contributed by atoms with E-state index in [0.717, 1.165) is 11.3 Å². The van der Waals surface area contributed by atoms with E-state index in [1.807, 2.05) is 6.92 Å². The molecule has 3 aromatic rings. The van der Waals surface area contributed by atoms with Gasteiger partial charge in [-0.3, -0.25) is 4.79 Å². The van der Waals surface area contributed by atoms with Crippen molar-refractivity contribution in [3.63, 3.8) is 0 Å². The Labute approximate surface area is 189 Å². The minimum absolute atomic E-state index is 0.129. The minimum Gasteiger partial charge on any atom is -0.339 e. The lowest BCUT2D eigenvalue weighted by Gasteiger charge is -2.30. The number of benzene rings is 1. The molecule has 0 saturated carbocycles. The molecule has 3 heterocycles. The molecule has 0 unspecified atom stereocenters. The van der Waals surface area contributed by atoms with Gasteiger partial charge in [0.2, 0.25) is 17.6 Å². The molecule has 2 aromatic heterocycles. The van der Waals surface area contributed by atoms with Gasteiger partial charge in [0.1, 0.15) is 4.21 Å². The number of piperidine rings is 1. The second-order valence-electron chi connectivity index (χ2n) is 7.22. The summed E-state index contributed by atoms with van der Waals surface area (Å²) >= 11 is 7.08. The molecule has 8 nitrogen and oxygen atoms in total. The number of aromatic nitrogens is 2. The summed E-state index contributed by atoms with van der Waals surface area (Å²) in [5.41, 5.74) is 1.19. The van der Waals surface area contributed by atoms with Crippen LogP contribution in [0.15, 0.2) is 44.4 Å². The van der Waals surface area contributed by atoms with E-state index in [9.17, 15) is 13.2 Å². The average molecular weight is 481 g/mol. The monoisotopic (exact) mass is 480 g/mol. The molecule has 1 fully saturated rings. The predicted molar refractivity (Wildman–Crippen MR) is 119 cm³/mol. The van der Waals surface area contributed by atoms with Gasteiger partial charge in [-0.1, -0.05) is 29.7 Å². The van der Waals surface area contributed by atoms with Crippen LogP contribution in [-0.4, -0.2) is 41.9 Å². The van der Waals surface area contributed by atoms with Crippen molar-refractivity contribution in [1.29, 1.82) is 0 Å². The van der Waals surface area contributed by atoms with Crippen molar-refractivity contribution in [2.45, 2.75) is 30.4 Å². The van der Waals surface area contributed by atoms with Gasteiger partial charge in [-0.05, 0) is 37.1 Å². The van der Waals surface area contributed by atoms with Crippen molar-refractivity contribution in [3.05, 3.63) is 46.6 Å². The standard InChI is InChI=1S/C20H21ClN4O4S2/c1-2-17-23-19(24-29-17)14-9-18(30-12-14)31(27,28)25-8-4-5-13(11-25)20(26)22-16-7-3-6-15(21)10-16/h3,6-7,9-10,12-13H,2,4-5,8,11H2,1H3,(H,22,26)/t13-/m0/s1. The fourth-order valence-corrected chi connectivity index (χ4v) is 6.42. The second-order valence-corrected chi connectivity index (χ2v) is 10.7. The lowest BCUT2D eigenvalue weighted by atomic mass is 9.99. The Morgan fingerprint density at radius 2 is 2.23 bits per heavy atom. The van der Waals surface area contributed by atoms with E-state index in [1.165, 1.54) is 4.31 Å². The third kappa shape index (κ3) is 4.82. The van der Waals surface area contributed by atoms with E-state index in [4.69, 9.17) is 16.1 Å². The van der Waals surface area contributed by atoms with Crippen LogP contribution in [0.2, 0.25) is 5.02 Å². The van der Waals surface area contributed by atoms with Gasteiger partial charge in [0.05, 0.1) is 5.92 Å². The zero-order valence-electron chi connectivity index (χ0n) is 16.7. The fraction of sp³-hybridized carbons (Fsp3) is 0.350. The molecular weight excluding hydrogens is 460 g/mol. The van der Waals surface area contributed by atoms with Gasteiger partial charge >= 0.3 is 0 Å². The van der Waals surface area contributed by atoms with Crippen LogP contribution in [0.4, 0.5) is 5.69 Å². The number of amides is 1. The number of carbonyl (C=O) groups excluding carboxylic acids is 1. The fourth-order valence-electron chi connectivity index (χ4n) is 3.40. The van der Waals surface area contributed by atoms with Crippen molar-refractivity contribution in [2.24, 2.45) is 5.92 Å². The van der Waals surface area contributed by atoms with Crippen LogP contribution in [0.3, 0.4) is 0 Å². The highest BCUT2D eigenvalue weighted by atomic mass is 35.5. The first-order valence-corrected chi connectivity index (χ1v) is 12.5. The van der Waals surface area contributed by atoms with Crippen LogP contribution >= 0.6 is 22.9 Å². The van der Waals surface area contributed by atoms with E-state index in [2.05, 4.69) is 15.5 Å². The largest absolute Gasteiger partial charge is 0.339 e. The molecule has 0 radical (unpaired) electrons. The van der Waals surface area contributed by atoms with Crippen molar-refractivity contribution < 1.29 is 17.7 Å². The maximum atomic E-state index is 13.2. The lowest BCUT2D eigenvalue weighted by molar-refractivity contribution is -0.120. The Morgan fingerprint density at radius 1 is 1.39 bits per heavy atom. The number of hydrogen-bond acceptors (Lipinski definition) is 7. The quantitative estimate of drug-likeness (QED) is 0.570. The van der Waals surface area contributed by atoms with Gasteiger partial charge in [-0.25, -0.2) is 8.42 Å². The first-order valence-electron chi connectivity index (χ1n) is 9.85. The molecule has 0 bridgehead atoms. The molecule has 1 aliphatic heterocycles. The zero-order valence-corrected chi connectivity index (χ0v) is 19.1. The number of sulfonamides is 1. The Bertz CT molecular complexity index is 1190. The Kier molecular flexibility index (Phi) is 6.42. The van der Waals surface area contributed by atoms with Crippen LogP contribution < -0.4 is 5.32 Å². The summed E-state index contributed by atoms with van der Waals surface area (Å²) in [4.78, 5) is 17.0. The van der Waals surface area contributed by atoms with E-state index >= 15 is 0 Å². The summed E-state index contributed by atoms with van der Waals surface area (Å²) < 4.78 is 33.1. The summed E-state index contributed by atoms with van der Waals surface area (Å²) in [6, 6.07) is 8.43. The van der Waals surface area contributed by atoms with E-state index in [0.29, 0.717) is 53.8 Å². The number of halogens is 1. The van der Waals surface area contributed by atoms with Crippen LogP contribution in [-0.2, 0) is 21.2 Å². The molecule has 1 amide bonds. The summed E-state index contributed by atoms with van der Waals surface area (Å²) in [6.07, 6.45) is 1.83. The first kappa shape index (κ1) is 21.9. The minimum atomic E-state index is -3.73. The molecule has 1 atom stereocenters. The van der Waals surface area contributed by atoms with E-state index < -0.39 is 15.9 Å². The van der Waals surface area contributed by atoms with Crippen LogP contribution in [0.5, 0.6) is 0 Å². The Hall–Kier alpha value is -2.27. The highest BCUT2D eigenvalue weighted by Crippen LogP contribution is 2.31. The Morgan fingerprint density at radius 3 is 2.97 bits per heavy atom. The molecule has 1 aliphatic rings. The normalized spacial score (nSPS) is 17.5. The summed E-state index contributed by atoms with van der Waals surface area (Å²) in [5.74, 6) is 0.210. The topological polar surface area (TPSA) is 105 Å². The molecule has 11 heteroatoms. The number of anilines is 1. The molecule has 4 rings (SSSR count). The van der Waals surface area contributed by atoms with Crippen molar-refractivity contribution in [2.75, 3.05) is 18.4 Å². The van der Waals surface area contributed by atoms with Gasteiger partial charge in [-0.2, -0.15) is 9.29 Å². The SMILES string of the molecule is CCc1nc(-c2csc(S(=O)(=O)N3CCC[C@H](C(=O)Nc4cccc(Cl)c4)C3)c2)no1. The third-order valence-electron chi connectivity index (χ3n) is 5.05. The zero-order chi connectivity index (χ0) is 22.0. The number of rotatable bonds is 6. The van der Waals surface area contributed by atoms with Gasteiger partial charge in [-0.15, -0.1) is 11.3 Å². The van der Waals surface area contributed by atoms with Crippen LogP contribution in [0.25, 0.3) is 11.4 Å². The third-order valence-corrected chi connectivity index (χ3v) is 8.56. The summed E-state index contributed by atoms with van der Waals surface area (Å²) in [7, 11) is -3.73. The molecular formula is C20H21ClN4O4S2. The highest BCUT2D eigenvalue weighted by Gasteiger charge is 2.34. The Balaban J connectivity index is 1.47. The highest BCUT2D eigenvalue weighted by molar-refractivity contribution is 7.91. The van der Waals surface area contributed by atoms with E-state index in [-0.39, 0.29) is 16.7 Å². The number of hydrogen-bond donors (Lipinski definition) is 1. The molecule has 31 heavy (non-hydrogen) atoms. The number of nitrogens with zero attached hydrogens (tertiary/aromatic N) is 3. The lowest BCUT2D eigenvalue weighted by Crippen LogP contribution is -2.43. The van der Waals surface area contributed by atoms with Gasteiger partial charge < -0.3 is 9.84 Å². The number of nitrogens with one attached hydrogen (secondary N) is 1. The first-order chi connectivity index (χ1) is 14.9. The van der Waals surface area contributed by atoms with Gasteiger partial charge in [0.25, 0.3) is 10.0 Å². The molecule has 1 saturated heterocycles. The van der Waals surface area contributed by atoms with Crippen molar-refractivity contribution in [1.82, 2.24) is 14.4 Å². The van der Waals surface area contributed by atoms with Gasteiger partial charge in [0.15, 0.2) is 0 Å². The smallest absolute Gasteiger partial charge is 0.252 e. The van der Waals surface area contributed by atoms with Crippen LogP contribution in [0.1, 0.15) is 25.7 Å². The number of thiophene rings is 1. The van der Waals surface area contributed by atoms with Crippen molar-refractivity contribution >= 4 is 44.6 Å². The van der Waals surface area contributed by atoms with E-state index in [1.54, 1.807) is 35.7 Å². The molecule has 1 N–H and O–H groups in total. The molecule has 1 aromatic carbocycles. The predicted octanol–water partition coefficient (Wildman–Crippen LogP) is 4.05. The molecule has 164 valence electrons. The summed E-state index contributed by atoms with van der Waals surface area (Å²) in [6.45, 7) is 2.40. The average Bonchev–Trinajstić information content (AvgIpc) is 3.43. The van der Waals surface area contributed by atoms with Gasteiger partial charge in [0, 0.05) is 41.2 Å². The number of aryl methyl sites for hydroxylation is 1. The summed E-state index contributed by atoms with van der Waals surface area (Å²) in [5, 5.41) is 8.94.